The molecule has 0 bridgehead atoms. The van der Waals surface area contributed by atoms with E-state index in [1.54, 1.807) is 6.92 Å². The lowest BCUT2D eigenvalue weighted by Gasteiger charge is -2.16. The summed E-state index contributed by atoms with van der Waals surface area (Å²) in [6.07, 6.45) is 0.956. The molecular formula is C12H15NO. The van der Waals surface area contributed by atoms with Crippen molar-refractivity contribution in [2.75, 3.05) is 5.32 Å². The topological polar surface area (TPSA) is 29.1 Å². The van der Waals surface area contributed by atoms with Crippen molar-refractivity contribution in [3.63, 3.8) is 0 Å². The lowest BCUT2D eigenvalue weighted by atomic mass is 10.1. The molecule has 1 fully saturated rings. The van der Waals surface area contributed by atoms with Crippen molar-refractivity contribution >= 4 is 11.5 Å². The van der Waals surface area contributed by atoms with Gasteiger partial charge >= 0.3 is 0 Å². The van der Waals surface area contributed by atoms with Gasteiger partial charge in [-0.25, -0.2) is 0 Å². The molecular weight excluding hydrogens is 174 g/mol. The highest BCUT2D eigenvalue weighted by Gasteiger charge is 2.55. The van der Waals surface area contributed by atoms with Crippen LogP contribution in [0.3, 0.4) is 0 Å². The summed E-state index contributed by atoms with van der Waals surface area (Å²) in [5.41, 5.74) is 0.758. The van der Waals surface area contributed by atoms with E-state index in [2.05, 4.69) is 12.2 Å². The van der Waals surface area contributed by atoms with E-state index in [-0.39, 0.29) is 11.3 Å². The Kier molecular flexibility index (Phi) is 2.06. The average molecular weight is 189 g/mol. The Hall–Kier alpha value is -1.31. The summed E-state index contributed by atoms with van der Waals surface area (Å²) in [4.78, 5) is 11.5. The maximum atomic E-state index is 11.5. The molecule has 0 aliphatic heterocycles. The second-order valence-corrected chi connectivity index (χ2v) is 4.12. The summed E-state index contributed by atoms with van der Waals surface area (Å²) in [6.45, 7) is 3.77. The standard InChI is InChI=1S/C12H15NO/c1-9-8-12(9,10(2)14)13-11-6-4-3-5-7-11/h3-7,9,13H,8H2,1-2H3. The van der Waals surface area contributed by atoms with E-state index in [0.29, 0.717) is 5.92 Å². The maximum absolute atomic E-state index is 11.5. The molecule has 1 aliphatic carbocycles. The summed E-state index contributed by atoms with van der Waals surface area (Å²) >= 11 is 0. The molecule has 1 aromatic rings. The number of carbonyl (C=O) groups is 1. The summed E-state index contributed by atoms with van der Waals surface area (Å²) < 4.78 is 0. The molecule has 14 heavy (non-hydrogen) atoms. The van der Waals surface area contributed by atoms with Crippen molar-refractivity contribution in [1.82, 2.24) is 0 Å². The largest absolute Gasteiger partial charge is 0.373 e. The van der Waals surface area contributed by atoms with Crippen molar-refractivity contribution < 1.29 is 4.79 Å². The van der Waals surface area contributed by atoms with Crippen LogP contribution in [-0.4, -0.2) is 11.3 Å². The summed E-state index contributed by atoms with van der Waals surface area (Å²) in [6, 6.07) is 9.92. The number of para-hydroxylation sites is 1. The minimum Gasteiger partial charge on any atom is -0.373 e. The van der Waals surface area contributed by atoms with Crippen LogP contribution in [-0.2, 0) is 4.79 Å². The monoisotopic (exact) mass is 189 g/mol. The number of hydrogen-bond donors (Lipinski definition) is 1. The molecule has 1 aromatic carbocycles. The highest BCUT2D eigenvalue weighted by Crippen LogP contribution is 2.46. The van der Waals surface area contributed by atoms with Gasteiger partial charge in [0.05, 0.1) is 5.54 Å². The highest BCUT2D eigenvalue weighted by molar-refractivity contribution is 5.93. The van der Waals surface area contributed by atoms with Gasteiger partial charge in [-0.1, -0.05) is 25.1 Å². The van der Waals surface area contributed by atoms with E-state index in [1.165, 1.54) is 0 Å². The number of carbonyl (C=O) groups excluding carboxylic acids is 1. The molecule has 2 atom stereocenters. The van der Waals surface area contributed by atoms with Crippen molar-refractivity contribution in [2.45, 2.75) is 25.8 Å². The molecule has 0 saturated heterocycles. The fraction of sp³-hybridized carbons (Fsp3) is 0.417. The smallest absolute Gasteiger partial charge is 0.155 e. The third-order valence-corrected chi connectivity index (χ3v) is 3.08. The van der Waals surface area contributed by atoms with Gasteiger partial charge in [-0.3, -0.25) is 4.79 Å². The Morgan fingerprint density at radius 2 is 2.00 bits per heavy atom. The van der Waals surface area contributed by atoms with E-state index in [4.69, 9.17) is 0 Å². The molecule has 0 amide bonds. The maximum Gasteiger partial charge on any atom is 0.155 e. The second kappa shape index (κ2) is 3.12. The molecule has 0 aromatic heterocycles. The molecule has 1 N–H and O–H groups in total. The first-order chi connectivity index (χ1) is 6.65. The van der Waals surface area contributed by atoms with Gasteiger partial charge in [-0.2, -0.15) is 0 Å². The van der Waals surface area contributed by atoms with E-state index < -0.39 is 0 Å². The van der Waals surface area contributed by atoms with Crippen LogP contribution in [0.4, 0.5) is 5.69 Å². The Labute approximate surface area is 84.3 Å². The Bertz CT molecular complexity index is 347. The minimum absolute atomic E-state index is 0.244. The first-order valence-corrected chi connectivity index (χ1v) is 4.99. The van der Waals surface area contributed by atoms with E-state index in [0.717, 1.165) is 12.1 Å². The van der Waals surface area contributed by atoms with E-state index in [9.17, 15) is 4.79 Å². The molecule has 2 rings (SSSR count). The molecule has 2 heteroatoms. The Morgan fingerprint density at radius 1 is 1.43 bits per heavy atom. The summed E-state index contributed by atoms with van der Waals surface area (Å²) in [5.74, 6) is 0.703. The van der Waals surface area contributed by atoms with Crippen molar-refractivity contribution in [1.29, 1.82) is 0 Å². The first-order valence-electron chi connectivity index (χ1n) is 4.99. The predicted molar refractivity (Wildman–Crippen MR) is 57.3 cm³/mol. The molecule has 1 saturated carbocycles. The highest BCUT2D eigenvalue weighted by atomic mass is 16.1. The number of Topliss-reactive ketones (excluding diaryl/α,β-unsaturated/α-hetero) is 1. The molecule has 0 heterocycles. The van der Waals surface area contributed by atoms with Gasteiger partial charge in [0, 0.05) is 5.69 Å². The quantitative estimate of drug-likeness (QED) is 0.791. The number of rotatable bonds is 3. The number of anilines is 1. The molecule has 0 radical (unpaired) electrons. The normalized spacial score (nSPS) is 29.7. The zero-order valence-electron chi connectivity index (χ0n) is 8.58. The van der Waals surface area contributed by atoms with Gasteiger partial charge in [-0.05, 0) is 31.4 Å². The number of benzene rings is 1. The summed E-state index contributed by atoms with van der Waals surface area (Å²) in [7, 11) is 0. The molecule has 0 spiro atoms. The van der Waals surface area contributed by atoms with Crippen LogP contribution in [0.2, 0.25) is 0 Å². The van der Waals surface area contributed by atoms with Crippen molar-refractivity contribution in [3.05, 3.63) is 30.3 Å². The zero-order chi connectivity index (χ0) is 10.2. The van der Waals surface area contributed by atoms with Gasteiger partial charge in [0.1, 0.15) is 0 Å². The van der Waals surface area contributed by atoms with Crippen LogP contribution >= 0.6 is 0 Å². The lowest BCUT2D eigenvalue weighted by molar-refractivity contribution is -0.118. The Balaban J connectivity index is 2.15. The zero-order valence-corrected chi connectivity index (χ0v) is 8.58. The molecule has 1 aliphatic rings. The van der Waals surface area contributed by atoms with Gasteiger partial charge in [-0.15, -0.1) is 0 Å². The SMILES string of the molecule is CC(=O)C1(Nc2ccccc2)CC1C. The molecule has 2 unspecified atom stereocenters. The fourth-order valence-corrected chi connectivity index (χ4v) is 1.96. The van der Waals surface area contributed by atoms with Crippen LogP contribution in [0.1, 0.15) is 20.3 Å². The van der Waals surface area contributed by atoms with Gasteiger partial charge < -0.3 is 5.32 Å². The van der Waals surface area contributed by atoms with Crippen molar-refractivity contribution in [3.8, 4) is 0 Å². The van der Waals surface area contributed by atoms with Gasteiger partial charge in [0.25, 0.3) is 0 Å². The summed E-state index contributed by atoms with van der Waals surface area (Å²) in [5, 5.41) is 3.33. The number of ketones is 1. The van der Waals surface area contributed by atoms with Crippen molar-refractivity contribution in [2.24, 2.45) is 5.92 Å². The third kappa shape index (κ3) is 1.41. The first kappa shape index (κ1) is 9.25. The predicted octanol–water partition coefficient (Wildman–Crippen LogP) is 2.47. The van der Waals surface area contributed by atoms with E-state index in [1.807, 2.05) is 30.3 Å². The van der Waals surface area contributed by atoms with Gasteiger partial charge in [0.15, 0.2) is 5.78 Å². The van der Waals surface area contributed by atoms with Crippen LogP contribution < -0.4 is 5.32 Å². The number of hydrogen-bond acceptors (Lipinski definition) is 2. The number of nitrogens with one attached hydrogen (secondary N) is 1. The Morgan fingerprint density at radius 3 is 2.43 bits per heavy atom. The minimum atomic E-state index is -0.276. The van der Waals surface area contributed by atoms with Crippen LogP contribution in [0.5, 0.6) is 0 Å². The second-order valence-electron chi connectivity index (χ2n) is 4.12. The van der Waals surface area contributed by atoms with Gasteiger partial charge in [0.2, 0.25) is 0 Å². The average Bonchev–Trinajstić information content (AvgIpc) is 2.80. The van der Waals surface area contributed by atoms with Crippen LogP contribution in [0, 0.1) is 5.92 Å². The molecule has 74 valence electrons. The van der Waals surface area contributed by atoms with Crippen LogP contribution in [0.15, 0.2) is 30.3 Å². The fourth-order valence-electron chi connectivity index (χ4n) is 1.96. The lowest BCUT2D eigenvalue weighted by Crippen LogP contribution is -2.31. The van der Waals surface area contributed by atoms with Crippen LogP contribution in [0.25, 0.3) is 0 Å². The third-order valence-electron chi connectivity index (χ3n) is 3.08. The van der Waals surface area contributed by atoms with E-state index >= 15 is 0 Å². The molecule has 2 nitrogen and oxygen atoms in total.